The SMILES string of the molecule is Fc1ccc(Cc2noc([C@H]3CC[C@H](Nc4ncnc5[nH]ncc45)C3)n2)cc1. The fraction of sp³-hybridized carbons (Fsp3) is 0.316. The monoisotopic (exact) mass is 379 g/mol. The maximum absolute atomic E-state index is 13.0. The Hall–Kier alpha value is -3.36. The van der Waals surface area contributed by atoms with Crippen LogP contribution >= 0.6 is 0 Å². The van der Waals surface area contributed by atoms with Gasteiger partial charge in [0.05, 0.1) is 11.6 Å². The second-order valence-electron chi connectivity index (χ2n) is 7.06. The zero-order chi connectivity index (χ0) is 18.9. The summed E-state index contributed by atoms with van der Waals surface area (Å²) in [4.78, 5) is 13.0. The molecule has 9 heteroatoms. The second kappa shape index (κ2) is 6.99. The molecule has 0 aliphatic heterocycles. The van der Waals surface area contributed by atoms with Crippen LogP contribution in [0.2, 0.25) is 0 Å². The van der Waals surface area contributed by atoms with Crippen LogP contribution in [0.3, 0.4) is 0 Å². The van der Waals surface area contributed by atoms with Gasteiger partial charge < -0.3 is 9.84 Å². The molecule has 28 heavy (non-hydrogen) atoms. The van der Waals surface area contributed by atoms with E-state index in [2.05, 4.69) is 35.6 Å². The summed E-state index contributed by atoms with van der Waals surface area (Å²) in [6, 6.07) is 6.62. The fourth-order valence-corrected chi connectivity index (χ4v) is 3.70. The minimum absolute atomic E-state index is 0.216. The average molecular weight is 379 g/mol. The van der Waals surface area contributed by atoms with Crippen molar-refractivity contribution in [2.24, 2.45) is 0 Å². The summed E-state index contributed by atoms with van der Waals surface area (Å²) in [5.41, 5.74) is 1.67. The molecule has 3 aromatic heterocycles. The molecule has 1 fully saturated rings. The van der Waals surface area contributed by atoms with Gasteiger partial charge in [-0.1, -0.05) is 17.3 Å². The molecule has 1 saturated carbocycles. The smallest absolute Gasteiger partial charge is 0.229 e. The molecule has 0 amide bonds. The summed E-state index contributed by atoms with van der Waals surface area (Å²) < 4.78 is 18.5. The molecule has 2 atom stereocenters. The first kappa shape index (κ1) is 16.8. The number of aromatic amines is 1. The van der Waals surface area contributed by atoms with Crippen LogP contribution in [0.25, 0.3) is 11.0 Å². The number of aromatic nitrogens is 6. The Morgan fingerprint density at radius 2 is 2.07 bits per heavy atom. The molecule has 142 valence electrons. The van der Waals surface area contributed by atoms with Crippen LogP contribution in [-0.2, 0) is 6.42 Å². The molecule has 2 N–H and O–H groups in total. The van der Waals surface area contributed by atoms with Gasteiger partial charge in [0.25, 0.3) is 0 Å². The Morgan fingerprint density at radius 1 is 1.18 bits per heavy atom. The number of nitrogens with one attached hydrogen (secondary N) is 2. The molecule has 3 heterocycles. The van der Waals surface area contributed by atoms with Crippen LogP contribution in [0.5, 0.6) is 0 Å². The van der Waals surface area contributed by atoms with Crippen molar-refractivity contribution < 1.29 is 8.91 Å². The molecule has 8 nitrogen and oxygen atoms in total. The third kappa shape index (κ3) is 3.30. The third-order valence-corrected chi connectivity index (χ3v) is 5.13. The van der Waals surface area contributed by atoms with Crippen LogP contribution in [0.1, 0.15) is 42.5 Å². The normalized spacial score (nSPS) is 19.3. The Balaban J connectivity index is 1.24. The molecule has 1 aliphatic carbocycles. The summed E-state index contributed by atoms with van der Waals surface area (Å²) in [7, 11) is 0. The highest BCUT2D eigenvalue weighted by molar-refractivity contribution is 5.85. The molecular formula is C19H18FN7O. The van der Waals surface area contributed by atoms with E-state index >= 15 is 0 Å². The Morgan fingerprint density at radius 3 is 2.96 bits per heavy atom. The number of hydrogen-bond donors (Lipinski definition) is 2. The predicted octanol–water partition coefficient (Wildman–Crippen LogP) is 3.21. The van der Waals surface area contributed by atoms with Gasteiger partial charge in [-0.2, -0.15) is 10.1 Å². The number of anilines is 1. The van der Waals surface area contributed by atoms with Crippen molar-refractivity contribution in [1.29, 1.82) is 0 Å². The first-order chi connectivity index (χ1) is 13.7. The van der Waals surface area contributed by atoms with Crippen molar-refractivity contribution >= 4 is 16.9 Å². The number of rotatable bonds is 5. The fourth-order valence-electron chi connectivity index (χ4n) is 3.70. The number of benzene rings is 1. The summed E-state index contributed by atoms with van der Waals surface area (Å²) in [5.74, 6) is 2.03. The number of halogens is 1. The van der Waals surface area contributed by atoms with Gasteiger partial charge in [-0.05, 0) is 37.0 Å². The van der Waals surface area contributed by atoms with Gasteiger partial charge in [0, 0.05) is 18.4 Å². The van der Waals surface area contributed by atoms with Crippen LogP contribution < -0.4 is 5.32 Å². The van der Waals surface area contributed by atoms with E-state index < -0.39 is 0 Å². The van der Waals surface area contributed by atoms with Crippen LogP contribution in [0.4, 0.5) is 10.2 Å². The summed E-state index contributed by atoms with van der Waals surface area (Å²) >= 11 is 0. The number of fused-ring (bicyclic) bond motifs is 1. The van der Waals surface area contributed by atoms with Gasteiger partial charge in [0.2, 0.25) is 5.89 Å². The van der Waals surface area contributed by atoms with E-state index in [9.17, 15) is 4.39 Å². The standard InChI is InChI=1S/C19H18FN7O/c20-13-4-1-11(2-5-13)7-16-25-19(28-27-16)12-3-6-14(8-12)24-17-15-9-23-26-18(15)22-10-21-17/h1-2,4-5,9-10,12,14H,3,6-8H2,(H2,21,22,23,24,26)/t12-,14-/m0/s1. The van der Waals surface area contributed by atoms with Gasteiger partial charge in [-0.15, -0.1) is 0 Å². The molecule has 5 rings (SSSR count). The minimum Gasteiger partial charge on any atom is -0.367 e. The molecule has 1 aliphatic rings. The lowest BCUT2D eigenvalue weighted by Gasteiger charge is -2.13. The van der Waals surface area contributed by atoms with Crippen LogP contribution in [-0.4, -0.2) is 36.3 Å². The molecule has 0 spiro atoms. The average Bonchev–Trinajstić information content (AvgIpc) is 3.44. The lowest BCUT2D eigenvalue weighted by Crippen LogP contribution is -2.16. The van der Waals surface area contributed by atoms with Crippen molar-refractivity contribution in [3.8, 4) is 0 Å². The summed E-state index contributed by atoms with van der Waals surface area (Å²) in [5, 5.41) is 15.3. The second-order valence-corrected chi connectivity index (χ2v) is 7.06. The van der Waals surface area contributed by atoms with E-state index in [1.807, 2.05) is 0 Å². The third-order valence-electron chi connectivity index (χ3n) is 5.13. The highest BCUT2D eigenvalue weighted by Crippen LogP contribution is 2.35. The Bertz CT molecular complexity index is 1090. The molecule has 4 aromatic rings. The summed E-state index contributed by atoms with van der Waals surface area (Å²) in [6.07, 6.45) is 6.62. The first-order valence-electron chi connectivity index (χ1n) is 9.22. The van der Waals surface area contributed by atoms with Gasteiger partial charge in [0.1, 0.15) is 18.0 Å². The highest BCUT2D eigenvalue weighted by Gasteiger charge is 2.30. The van der Waals surface area contributed by atoms with E-state index in [1.165, 1.54) is 18.5 Å². The van der Waals surface area contributed by atoms with E-state index in [0.29, 0.717) is 18.1 Å². The van der Waals surface area contributed by atoms with Crippen molar-refractivity contribution in [2.45, 2.75) is 37.6 Å². The number of H-pyrrole nitrogens is 1. The quantitative estimate of drug-likeness (QED) is 0.548. The van der Waals surface area contributed by atoms with Gasteiger partial charge in [-0.25, -0.2) is 14.4 Å². The number of nitrogens with zero attached hydrogens (tertiary/aromatic N) is 5. The highest BCUT2D eigenvalue weighted by atomic mass is 19.1. The molecule has 0 bridgehead atoms. The van der Waals surface area contributed by atoms with Gasteiger partial charge >= 0.3 is 0 Å². The molecular weight excluding hydrogens is 361 g/mol. The van der Waals surface area contributed by atoms with Crippen molar-refractivity contribution in [3.63, 3.8) is 0 Å². The van der Waals surface area contributed by atoms with Gasteiger partial charge in [-0.3, -0.25) is 5.10 Å². The lowest BCUT2D eigenvalue weighted by molar-refractivity contribution is 0.350. The molecule has 1 aromatic carbocycles. The Labute approximate surface area is 159 Å². The van der Waals surface area contributed by atoms with Crippen LogP contribution in [0, 0.1) is 5.82 Å². The van der Waals surface area contributed by atoms with Gasteiger partial charge in [0.15, 0.2) is 11.5 Å². The van der Waals surface area contributed by atoms with Crippen molar-refractivity contribution in [3.05, 3.63) is 59.9 Å². The van der Waals surface area contributed by atoms with E-state index in [1.54, 1.807) is 18.3 Å². The maximum atomic E-state index is 13.0. The van der Waals surface area contributed by atoms with Crippen LogP contribution in [0.15, 0.2) is 41.3 Å². The maximum Gasteiger partial charge on any atom is 0.229 e. The minimum atomic E-state index is -0.251. The Kier molecular flexibility index (Phi) is 4.19. The largest absolute Gasteiger partial charge is 0.367 e. The molecule has 0 unspecified atom stereocenters. The van der Waals surface area contributed by atoms with E-state index in [-0.39, 0.29) is 17.8 Å². The van der Waals surface area contributed by atoms with Crippen molar-refractivity contribution in [2.75, 3.05) is 5.32 Å². The zero-order valence-electron chi connectivity index (χ0n) is 15.0. The zero-order valence-corrected chi connectivity index (χ0v) is 15.0. The van der Waals surface area contributed by atoms with Crippen molar-refractivity contribution in [1.82, 2.24) is 30.3 Å². The topological polar surface area (TPSA) is 105 Å². The first-order valence-corrected chi connectivity index (χ1v) is 9.22. The predicted molar refractivity (Wildman–Crippen MR) is 99.2 cm³/mol. The van der Waals surface area contributed by atoms with E-state index in [4.69, 9.17) is 4.52 Å². The summed E-state index contributed by atoms with van der Waals surface area (Å²) in [6.45, 7) is 0. The molecule has 0 radical (unpaired) electrons. The molecule has 0 saturated heterocycles. The lowest BCUT2D eigenvalue weighted by atomic mass is 10.1. The number of hydrogen-bond acceptors (Lipinski definition) is 7. The van der Waals surface area contributed by atoms with E-state index in [0.717, 1.165) is 41.7 Å².